The van der Waals surface area contributed by atoms with Gasteiger partial charge in [-0.3, -0.25) is 14.2 Å². The maximum absolute atomic E-state index is 13.0. The van der Waals surface area contributed by atoms with Gasteiger partial charge in [0.1, 0.15) is 5.82 Å². The second kappa shape index (κ2) is 9.23. The number of anilines is 1. The van der Waals surface area contributed by atoms with Gasteiger partial charge in [0.15, 0.2) is 0 Å². The van der Waals surface area contributed by atoms with Crippen LogP contribution in [-0.2, 0) is 20.7 Å². The van der Waals surface area contributed by atoms with Gasteiger partial charge >= 0.3 is 11.9 Å². The summed E-state index contributed by atoms with van der Waals surface area (Å²) in [5.41, 5.74) is 0.980. The van der Waals surface area contributed by atoms with E-state index in [-0.39, 0.29) is 47.2 Å². The van der Waals surface area contributed by atoms with E-state index in [0.717, 1.165) is 12.8 Å². The van der Waals surface area contributed by atoms with Crippen LogP contribution in [0.2, 0.25) is 0 Å². The molecule has 1 amide bonds. The summed E-state index contributed by atoms with van der Waals surface area (Å²) in [4.78, 5) is 54.2. The number of aryl methyl sites for hydroxylation is 1. The molecule has 1 aromatic heterocycles. The lowest BCUT2D eigenvalue weighted by Gasteiger charge is -2.13. The van der Waals surface area contributed by atoms with Gasteiger partial charge in [-0.05, 0) is 43.2 Å². The quantitative estimate of drug-likeness (QED) is 0.551. The highest BCUT2D eigenvalue weighted by molar-refractivity contribution is 5.99. The van der Waals surface area contributed by atoms with Crippen molar-refractivity contribution in [1.82, 2.24) is 9.55 Å². The molecule has 3 aromatic rings. The Balaban J connectivity index is 1.55. The molecular weight excluding hydrogens is 426 g/mol. The van der Waals surface area contributed by atoms with Crippen molar-refractivity contribution in [3.63, 3.8) is 0 Å². The van der Waals surface area contributed by atoms with Crippen LogP contribution in [0.1, 0.15) is 51.8 Å². The fourth-order valence-electron chi connectivity index (χ4n) is 3.70. The summed E-state index contributed by atoms with van der Waals surface area (Å²) in [6.45, 7) is 0. The van der Waals surface area contributed by atoms with E-state index in [9.17, 15) is 19.2 Å². The summed E-state index contributed by atoms with van der Waals surface area (Å²) >= 11 is 0. The number of ether oxygens (including phenoxy) is 2. The van der Waals surface area contributed by atoms with Gasteiger partial charge in [0.25, 0.3) is 5.56 Å². The predicted molar refractivity (Wildman–Crippen MR) is 120 cm³/mol. The number of amides is 1. The van der Waals surface area contributed by atoms with Crippen LogP contribution in [0.5, 0.6) is 0 Å². The van der Waals surface area contributed by atoms with E-state index in [4.69, 9.17) is 9.47 Å². The maximum Gasteiger partial charge on any atom is 0.337 e. The average Bonchev–Trinajstić information content (AvgIpc) is 3.66. The highest BCUT2D eigenvalue weighted by Crippen LogP contribution is 2.35. The number of rotatable bonds is 7. The summed E-state index contributed by atoms with van der Waals surface area (Å²) in [7, 11) is 2.45. The predicted octanol–water partition coefficient (Wildman–Crippen LogP) is 2.88. The molecule has 170 valence electrons. The minimum absolute atomic E-state index is 0.0630. The maximum atomic E-state index is 13.0. The standard InChI is InChI=1S/C24H23N3O6/c1-32-23(30)14-11-15(24(31)33-2)13-16(12-14)25-21(28)10-9-20-26-19-6-4-3-5-18(19)22(29)27(20)17-7-8-17/h3-6,11-13,17H,7-10H2,1-2H3,(H,25,28). The molecule has 1 fully saturated rings. The van der Waals surface area contributed by atoms with Crippen molar-refractivity contribution >= 4 is 34.4 Å². The molecule has 4 rings (SSSR count). The highest BCUT2D eigenvalue weighted by atomic mass is 16.5. The third-order valence-corrected chi connectivity index (χ3v) is 5.43. The number of carbonyl (C=O) groups is 3. The fourth-order valence-corrected chi connectivity index (χ4v) is 3.70. The van der Waals surface area contributed by atoms with Gasteiger partial charge in [0.2, 0.25) is 5.91 Å². The van der Waals surface area contributed by atoms with Crippen LogP contribution in [0.3, 0.4) is 0 Å². The summed E-state index contributed by atoms with van der Waals surface area (Å²) in [6.07, 6.45) is 2.15. The Bertz CT molecular complexity index is 1280. The second-order valence-electron chi connectivity index (χ2n) is 7.78. The Morgan fingerprint density at radius 1 is 1.03 bits per heavy atom. The van der Waals surface area contributed by atoms with E-state index in [0.29, 0.717) is 16.7 Å². The molecule has 0 saturated heterocycles. The van der Waals surface area contributed by atoms with Crippen LogP contribution in [0, 0.1) is 0 Å². The average molecular weight is 449 g/mol. The third kappa shape index (κ3) is 4.77. The third-order valence-electron chi connectivity index (χ3n) is 5.43. The molecule has 1 aliphatic rings. The SMILES string of the molecule is COC(=O)c1cc(NC(=O)CCc2nc3ccccc3c(=O)n2C2CC2)cc(C(=O)OC)c1. The minimum Gasteiger partial charge on any atom is -0.465 e. The number of nitrogens with one attached hydrogen (secondary N) is 1. The molecule has 1 heterocycles. The largest absolute Gasteiger partial charge is 0.465 e. The number of esters is 2. The zero-order valence-electron chi connectivity index (χ0n) is 18.3. The minimum atomic E-state index is -0.648. The van der Waals surface area contributed by atoms with Gasteiger partial charge in [0, 0.05) is 24.6 Å². The number of carbonyl (C=O) groups excluding carboxylic acids is 3. The summed E-state index contributed by atoms with van der Waals surface area (Å²) < 4.78 is 11.1. The van der Waals surface area contributed by atoms with E-state index in [1.165, 1.54) is 32.4 Å². The number of aromatic nitrogens is 2. The summed E-state index contributed by atoms with van der Waals surface area (Å²) in [5, 5.41) is 3.26. The van der Waals surface area contributed by atoms with Gasteiger partial charge in [-0.1, -0.05) is 12.1 Å². The van der Waals surface area contributed by atoms with E-state index in [2.05, 4.69) is 10.3 Å². The number of hydrogen-bond acceptors (Lipinski definition) is 7. The van der Waals surface area contributed by atoms with Gasteiger partial charge in [-0.2, -0.15) is 0 Å². The van der Waals surface area contributed by atoms with Crippen molar-refractivity contribution in [2.75, 3.05) is 19.5 Å². The molecular formula is C24H23N3O6. The Morgan fingerprint density at radius 2 is 1.67 bits per heavy atom. The van der Waals surface area contributed by atoms with Crippen LogP contribution in [0.25, 0.3) is 10.9 Å². The van der Waals surface area contributed by atoms with Crippen LogP contribution < -0.4 is 10.9 Å². The molecule has 1 saturated carbocycles. The molecule has 2 aromatic carbocycles. The van der Waals surface area contributed by atoms with Gasteiger partial charge in [-0.25, -0.2) is 14.6 Å². The molecule has 0 bridgehead atoms. The van der Waals surface area contributed by atoms with E-state index in [1.54, 1.807) is 22.8 Å². The Hall–Kier alpha value is -4.01. The van der Waals surface area contributed by atoms with Crippen LogP contribution in [0.15, 0.2) is 47.3 Å². The van der Waals surface area contributed by atoms with Crippen molar-refractivity contribution in [1.29, 1.82) is 0 Å². The van der Waals surface area contributed by atoms with Gasteiger partial charge < -0.3 is 14.8 Å². The number of nitrogens with zero attached hydrogens (tertiary/aromatic N) is 2. The Labute approximate surface area is 189 Å². The number of fused-ring (bicyclic) bond motifs is 1. The Morgan fingerprint density at radius 3 is 2.27 bits per heavy atom. The number of benzene rings is 2. The van der Waals surface area contributed by atoms with Gasteiger partial charge in [-0.15, -0.1) is 0 Å². The lowest BCUT2D eigenvalue weighted by atomic mass is 10.1. The second-order valence-corrected chi connectivity index (χ2v) is 7.78. The lowest BCUT2D eigenvalue weighted by Crippen LogP contribution is -2.25. The molecule has 9 nitrogen and oxygen atoms in total. The Kier molecular flexibility index (Phi) is 6.21. The zero-order valence-corrected chi connectivity index (χ0v) is 18.3. The lowest BCUT2D eigenvalue weighted by molar-refractivity contribution is -0.116. The normalized spacial score (nSPS) is 12.9. The number of hydrogen-bond donors (Lipinski definition) is 1. The van der Waals surface area contributed by atoms with Crippen molar-refractivity contribution in [2.45, 2.75) is 31.7 Å². The molecule has 0 radical (unpaired) electrons. The first-order valence-corrected chi connectivity index (χ1v) is 10.5. The van der Waals surface area contributed by atoms with Crippen molar-refractivity contribution in [3.05, 3.63) is 69.8 Å². The monoisotopic (exact) mass is 449 g/mol. The van der Waals surface area contributed by atoms with Crippen LogP contribution in [0.4, 0.5) is 5.69 Å². The van der Waals surface area contributed by atoms with E-state index < -0.39 is 11.9 Å². The molecule has 0 atom stereocenters. The van der Waals surface area contributed by atoms with Crippen molar-refractivity contribution in [2.24, 2.45) is 0 Å². The van der Waals surface area contributed by atoms with Gasteiger partial charge in [0.05, 0.1) is 36.2 Å². The fraction of sp³-hybridized carbons (Fsp3) is 0.292. The molecule has 0 unspecified atom stereocenters. The molecule has 0 spiro atoms. The molecule has 1 aliphatic carbocycles. The van der Waals surface area contributed by atoms with Crippen molar-refractivity contribution in [3.8, 4) is 0 Å². The van der Waals surface area contributed by atoms with E-state index in [1.807, 2.05) is 6.07 Å². The number of methoxy groups -OCH3 is 2. The van der Waals surface area contributed by atoms with Crippen LogP contribution >= 0.6 is 0 Å². The zero-order chi connectivity index (χ0) is 23.5. The topological polar surface area (TPSA) is 117 Å². The molecule has 0 aliphatic heterocycles. The highest BCUT2D eigenvalue weighted by Gasteiger charge is 2.28. The molecule has 33 heavy (non-hydrogen) atoms. The first kappa shape index (κ1) is 22.2. The molecule has 9 heteroatoms. The number of para-hydroxylation sites is 1. The summed E-state index contributed by atoms with van der Waals surface area (Å²) in [6, 6.07) is 11.5. The van der Waals surface area contributed by atoms with E-state index >= 15 is 0 Å². The smallest absolute Gasteiger partial charge is 0.337 e. The molecule has 1 N–H and O–H groups in total. The van der Waals surface area contributed by atoms with Crippen LogP contribution in [-0.4, -0.2) is 41.6 Å². The summed E-state index contributed by atoms with van der Waals surface area (Å²) in [5.74, 6) is -1.08. The van der Waals surface area contributed by atoms with Crippen molar-refractivity contribution < 1.29 is 23.9 Å². The first-order valence-electron chi connectivity index (χ1n) is 10.5. The first-order chi connectivity index (χ1) is 15.9.